The number of nitrogens with zero attached hydrogens (tertiary/aromatic N) is 2. The Morgan fingerprint density at radius 3 is 2.58 bits per heavy atom. The molecule has 2 aliphatic carbocycles. The Morgan fingerprint density at radius 1 is 1.26 bits per heavy atom. The fourth-order valence-electron chi connectivity index (χ4n) is 4.29. The summed E-state index contributed by atoms with van der Waals surface area (Å²) < 4.78 is 41.9. The van der Waals surface area contributed by atoms with E-state index in [0.29, 0.717) is 43.9 Å². The maximum Gasteiger partial charge on any atom is 0.411 e. The molecule has 0 saturated heterocycles. The highest BCUT2D eigenvalue weighted by atomic mass is 19.4. The largest absolute Gasteiger partial charge is 0.411 e. The zero-order valence-electron chi connectivity index (χ0n) is 17.5. The van der Waals surface area contributed by atoms with Gasteiger partial charge in [-0.2, -0.15) is 18.2 Å². The first kappa shape index (κ1) is 23.5. The average molecular weight is 445 g/mol. The third kappa shape index (κ3) is 7.20. The van der Waals surface area contributed by atoms with Gasteiger partial charge in [-0.25, -0.2) is 4.98 Å². The minimum Gasteiger partial charge on any atom is -0.390 e. The number of nitrogens with two attached hydrogens (primary N) is 1. The van der Waals surface area contributed by atoms with Crippen molar-refractivity contribution in [1.29, 1.82) is 0 Å². The molecule has 5 N–H and O–H groups in total. The smallest absolute Gasteiger partial charge is 0.390 e. The number of aromatic nitrogens is 2. The standard InChI is InChI=1S/C20H30F3N5O3/c1-19(30)8-2-3-13(9-19)26-17-15(16(24)29)10-25-18(28-17)27-12-4-6-14(7-5-12)31-11-20(21,22)23/h10,12-14,30H,2-9,11H2,1H3,(H2,24,29)(H2,25,26,27,28)/t12?,13?,14?,19-/m0/s1. The van der Waals surface area contributed by atoms with Crippen molar-refractivity contribution in [2.24, 2.45) is 5.73 Å². The number of halogens is 3. The van der Waals surface area contributed by atoms with Crippen molar-refractivity contribution in [3.8, 4) is 0 Å². The second-order valence-electron chi connectivity index (χ2n) is 8.80. The molecule has 8 nitrogen and oxygen atoms in total. The minimum atomic E-state index is -4.32. The molecule has 1 unspecified atom stereocenters. The Morgan fingerprint density at radius 2 is 1.97 bits per heavy atom. The van der Waals surface area contributed by atoms with Gasteiger partial charge in [0.15, 0.2) is 0 Å². The summed E-state index contributed by atoms with van der Waals surface area (Å²) in [5.41, 5.74) is 4.85. The van der Waals surface area contributed by atoms with E-state index in [1.54, 1.807) is 6.92 Å². The van der Waals surface area contributed by atoms with Crippen LogP contribution in [0, 0.1) is 0 Å². The van der Waals surface area contributed by atoms with Crippen molar-refractivity contribution in [3.63, 3.8) is 0 Å². The molecule has 174 valence electrons. The zero-order valence-corrected chi connectivity index (χ0v) is 17.5. The first-order valence-corrected chi connectivity index (χ1v) is 10.6. The van der Waals surface area contributed by atoms with E-state index in [0.717, 1.165) is 19.3 Å². The summed E-state index contributed by atoms with van der Waals surface area (Å²) in [6.07, 6.45) is 1.84. The summed E-state index contributed by atoms with van der Waals surface area (Å²) in [5.74, 6) is -0.0245. The number of rotatable bonds is 7. The van der Waals surface area contributed by atoms with Crippen LogP contribution in [0.5, 0.6) is 0 Å². The summed E-state index contributed by atoms with van der Waals surface area (Å²) in [5, 5.41) is 16.7. The predicted molar refractivity (Wildman–Crippen MR) is 109 cm³/mol. The molecule has 1 aromatic rings. The van der Waals surface area contributed by atoms with Gasteiger partial charge in [-0.05, 0) is 58.3 Å². The van der Waals surface area contributed by atoms with E-state index in [2.05, 4.69) is 20.6 Å². The molecule has 2 aliphatic rings. The third-order valence-corrected chi connectivity index (χ3v) is 5.84. The Bertz CT molecular complexity index is 767. The number of hydrogen-bond donors (Lipinski definition) is 4. The number of anilines is 2. The Labute approximate surface area is 179 Å². The quantitative estimate of drug-likeness (QED) is 0.509. The molecule has 1 amide bonds. The number of ether oxygens (including phenoxy) is 1. The molecule has 31 heavy (non-hydrogen) atoms. The number of hydrogen-bond acceptors (Lipinski definition) is 7. The molecule has 0 bridgehead atoms. The fourth-order valence-corrected chi connectivity index (χ4v) is 4.29. The van der Waals surface area contributed by atoms with Crippen LogP contribution in [-0.4, -0.2) is 57.6 Å². The molecule has 0 aromatic carbocycles. The zero-order chi connectivity index (χ0) is 22.6. The summed E-state index contributed by atoms with van der Waals surface area (Å²) in [6, 6.07) is -0.0563. The van der Waals surface area contributed by atoms with Crippen LogP contribution < -0.4 is 16.4 Å². The van der Waals surface area contributed by atoms with Crippen LogP contribution in [-0.2, 0) is 4.74 Å². The number of aliphatic hydroxyl groups is 1. The summed E-state index contributed by atoms with van der Waals surface area (Å²) >= 11 is 0. The van der Waals surface area contributed by atoms with Gasteiger partial charge in [0.25, 0.3) is 5.91 Å². The Hall–Kier alpha value is -2.14. The van der Waals surface area contributed by atoms with Gasteiger partial charge in [-0.15, -0.1) is 0 Å². The Kier molecular flexibility index (Phi) is 7.25. The van der Waals surface area contributed by atoms with Crippen molar-refractivity contribution < 1.29 is 27.8 Å². The summed E-state index contributed by atoms with van der Waals surface area (Å²) in [7, 11) is 0. The summed E-state index contributed by atoms with van der Waals surface area (Å²) in [6.45, 7) is 0.564. The van der Waals surface area contributed by atoms with Crippen LogP contribution in [0.2, 0.25) is 0 Å². The van der Waals surface area contributed by atoms with Crippen molar-refractivity contribution in [2.45, 2.75) is 88.3 Å². The van der Waals surface area contributed by atoms with Crippen molar-refractivity contribution in [2.75, 3.05) is 17.2 Å². The lowest BCUT2D eigenvalue weighted by atomic mass is 9.83. The lowest BCUT2D eigenvalue weighted by Gasteiger charge is -2.34. The van der Waals surface area contributed by atoms with Gasteiger partial charge in [-0.3, -0.25) is 4.79 Å². The molecule has 11 heteroatoms. The number of alkyl halides is 3. The summed E-state index contributed by atoms with van der Waals surface area (Å²) in [4.78, 5) is 20.4. The van der Waals surface area contributed by atoms with Crippen LogP contribution in [0.25, 0.3) is 0 Å². The normalized spacial score (nSPS) is 29.4. The van der Waals surface area contributed by atoms with Crippen LogP contribution in [0.3, 0.4) is 0 Å². The SMILES string of the molecule is C[C@]1(O)CCCC(Nc2nc(NC3CCC(OCC(F)(F)F)CC3)ncc2C(N)=O)C1. The monoisotopic (exact) mass is 445 g/mol. The number of nitrogens with one attached hydrogen (secondary N) is 2. The highest BCUT2D eigenvalue weighted by Gasteiger charge is 2.32. The number of amides is 1. The molecule has 1 heterocycles. The van der Waals surface area contributed by atoms with E-state index in [9.17, 15) is 23.1 Å². The molecule has 2 saturated carbocycles. The van der Waals surface area contributed by atoms with Gasteiger partial charge >= 0.3 is 6.18 Å². The van der Waals surface area contributed by atoms with Gasteiger partial charge in [0.1, 0.15) is 12.4 Å². The van der Waals surface area contributed by atoms with Gasteiger partial charge in [0.2, 0.25) is 5.95 Å². The van der Waals surface area contributed by atoms with Crippen LogP contribution >= 0.6 is 0 Å². The lowest BCUT2D eigenvalue weighted by Crippen LogP contribution is -2.38. The molecular weight excluding hydrogens is 415 g/mol. The number of carbonyl (C=O) groups is 1. The molecule has 3 rings (SSSR count). The molecule has 2 fully saturated rings. The van der Waals surface area contributed by atoms with E-state index in [-0.39, 0.29) is 17.6 Å². The molecule has 0 radical (unpaired) electrons. The Balaban J connectivity index is 1.60. The van der Waals surface area contributed by atoms with Crippen molar-refractivity contribution in [1.82, 2.24) is 9.97 Å². The minimum absolute atomic E-state index is 0.00608. The first-order chi connectivity index (χ1) is 14.5. The van der Waals surface area contributed by atoms with Crippen molar-refractivity contribution >= 4 is 17.7 Å². The van der Waals surface area contributed by atoms with Crippen LogP contribution in [0.1, 0.15) is 68.6 Å². The topological polar surface area (TPSA) is 122 Å². The molecule has 0 spiro atoms. The second-order valence-corrected chi connectivity index (χ2v) is 8.80. The third-order valence-electron chi connectivity index (χ3n) is 5.84. The van der Waals surface area contributed by atoms with Crippen molar-refractivity contribution in [3.05, 3.63) is 11.8 Å². The van der Waals surface area contributed by atoms with Gasteiger partial charge in [-0.1, -0.05) is 0 Å². The van der Waals surface area contributed by atoms with E-state index in [4.69, 9.17) is 10.5 Å². The number of carbonyl (C=O) groups excluding carboxylic acids is 1. The highest BCUT2D eigenvalue weighted by molar-refractivity contribution is 5.97. The van der Waals surface area contributed by atoms with Gasteiger partial charge in [0.05, 0.1) is 17.3 Å². The average Bonchev–Trinajstić information content (AvgIpc) is 2.66. The number of primary amides is 1. The second kappa shape index (κ2) is 9.56. The molecule has 1 aromatic heterocycles. The van der Waals surface area contributed by atoms with E-state index >= 15 is 0 Å². The lowest BCUT2D eigenvalue weighted by molar-refractivity contribution is -0.187. The maximum absolute atomic E-state index is 12.3. The molecule has 0 aliphatic heterocycles. The maximum atomic E-state index is 12.3. The first-order valence-electron chi connectivity index (χ1n) is 10.6. The van der Waals surface area contributed by atoms with Gasteiger partial charge in [0, 0.05) is 18.3 Å². The van der Waals surface area contributed by atoms with Gasteiger partial charge < -0.3 is 26.2 Å². The fraction of sp³-hybridized carbons (Fsp3) is 0.750. The van der Waals surface area contributed by atoms with Crippen LogP contribution in [0.15, 0.2) is 6.20 Å². The molecule has 2 atom stereocenters. The van der Waals surface area contributed by atoms with E-state index < -0.39 is 30.4 Å². The predicted octanol–water partition coefficient (Wildman–Crippen LogP) is 2.98. The van der Waals surface area contributed by atoms with E-state index in [1.165, 1.54) is 6.20 Å². The highest BCUT2D eigenvalue weighted by Crippen LogP contribution is 2.31. The van der Waals surface area contributed by atoms with Crippen LogP contribution in [0.4, 0.5) is 24.9 Å². The molecular formula is C20H30F3N5O3. The van der Waals surface area contributed by atoms with E-state index in [1.807, 2.05) is 0 Å².